The van der Waals surface area contributed by atoms with E-state index in [2.05, 4.69) is 21.3 Å². The summed E-state index contributed by atoms with van der Waals surface area (Å²) in [7, 11) is 0. The quantitative estimate of drug-likeness (QED) is 0.377. The Morgan fingerprint density at radius 3 is 1.33 bits per heavy atom. The lowest BCUT2D eigenvalue weighted by molar-refractivity contribution is -0.129. The average Bonchev–Trinajstić information content (AvgIpc) is 2.52. The number of rotatable bonds is 10. The van der Waals surface area contributed by atoms with Crippen molar-refractivity contribution in [3.63, 3.8) is 0 Å². The fourth-order valence-electron chi connectivity index (χ4n) is 1.31. The average molecular weight is 342 g/mol. The van der Waals surface area contributed by atoms with Gasteiger partial charge < -0.3 is 21.3 Å². The second-order valence-electron chi connectivity index (χ2n) is 5.82. The Kier molecular flexibility index (Phi) is 10.0. The van der Waals surface area contributed by atoms with Crippen LogP contribution < -0.4 is 21.3 Å². The van der Waals surface area contributed by atoms with Crippen molar-refractivity contribution in [3.05, 3.63) is 0 Å². The van der Waals surface area contributed by atoms with E-state index >= 15 is 0 Å². The largest absolute Gasteiger partial charge is 0.347 e. The third-order valence-corrected chi connectivity index (χ3v) is 2.94. The van der Waals surface area contributed by atoms with Crippen LogP contribution in [0.1, 0.15) is 27.7 Å². The smallest absolute Gasteiger partial charge is 0.239 e. The molecule has 0 rings (SSSR count). The minimum Gasteiger partial charge on any atom is -0.347 e. The third-order valence-electron chi connectivity index (χ3n) is 2.94. The summed E-state index contributed by atoms with van der Waals surface area (Å²) in [6.45, 7) is 5.94. The lowest BCUT2D eigenvalue weighted by Crippen LogP contribution is -2.45. The van der Waals surface area contributed by atoms with Crippen molar-refractivity contribution in [2.45, 2.75) is 27.7 Å². The SMILES string of the molecule is CC(C)C(=O)CNC(=O)CNC(=O)CNC(=O)CNC(=O)C(C)C. The van der Waals surface area contributed by atoms with Crippen LogP contribution >= 0.6 is 0 Å². The van der Waals surface area contributed by atoms with Gasteiger partial charge in [0.1, 0.15) is 0 Å². The van der Waals surface area contributed by atoms with Crippen molar-refractivity contribution in [2.24, 2.45) is 11.8 Å². The first-order valence-corrected chi connectivity index (χ1v) is 7.74. The Labute approximate surface area is 141 Å². The van der Waals surface area contributed by atoms with E-state index in [0.717, 1.165) is 0 Å². The molecule has 0 unspecified atom stereocenters. The highest BCUT2D eigenvalue weighted by Gasteiger charge is 2.12. The number of hydrogen-bond acceptors (Lipinski definition) is 5. The zero-order valence-electron chi connectivity index (χ0n) is 14.5. The Morgan fingerprint density at radius 1 is 0.583 bits per heavy atom. The highest BCUT2D eigenvalue weighted by molar-refractivity contribution is 5.91. The molecular weight excluding hydrogens is 316 g/mol. The van der Waals surface area contributed by atoms with Crippen LogP contribution in [0.25, 0.3) is 0 Å². The molecule has 0 aromatic rings. The molecule has 24 heavy (non-hydrogen) atoms. The molecule has 0 radical (unpaired) electrons. The van der Waals surface area contributed by atoms with Crippen LogP contribution in [0.15, 0.2) is 0 Å². The monoisotopic (exact) mass is 342 g/mol. The van der Waals surface area contributed by atoms with Gasteiger partial charge in [0.25, 0.3) is 0 Å². The van der Waals surface area contributed by atoms with Gasteiger partial charge in [0.05, 0.1) is 26.2 Å². The number of nitrogens with one attached hydrogen (secondary N) is 4. The highest BCUT2D eigenvalue weighted by Crippen LogP contribution is 1.91. The first-order chi connectivity index (χ1) is 11.1. The Morgan fingerprint density at radius 2 is 0.958 bits per heavy atom. The Hall–Kier alpha value is -2.45. The summed E-state index contributed by atoms with van der Waals surface area (Å²) < 4.78 is 0. The molecule has 9 nitrogen and oxygen atoms in total. The summed E-state index contributed by atoms with van der Waals surface area (Å²) in [5.41, 5.74) is 0. The molecule has 0 fully saturated rings. The van der Waals surface area contributed by atoms with Crippen molar-refractivity contribution in [3.8, 4) is 0 Å². The molecule has 0 aromatic carbocycles. The van der Waals surface area contributed by atoms with E-state index in [0.29, 0.717) is 0 Å². The maximum Gasteiger partial charge on any atom is 0.239 e. The number of carbonyl (C=O) groups excluding carboxylic acids is 5. The first-order valence-electron chi connectivity index (χ1n) is 7.74. The number of ketones is 1. The highest BCUT2D eigenvalue weighted by atomic mass is 16.2. The molecule has 0 aliphatic carbocycles. The minimum atomic E-state index is -0.552. The van der Waals surface area contributed by atoms with Gasteiger partial charge in [-0.2, -0.15) is 0 Å². The summed E-state index contributed by atoms with van der Waals surface area (Å²) >= 11 is 0. The van der Waals surface area contributed by atoms with Crippen molar-refractivity contribution >= 4 is 29.4 Å². The van der Waals surface area contributed by atoms with E-state index in [1.165, 1.54) is 0 Å². The van der Waals surface area contributed by atoms with Gasteiger partial charge in [-0.3, -0.25) is 24.0 Å². The van der Waals surface area contributed by atoms with Crippen LogP contribution in [-0.4, -0.2) is 55.6 Å². The molecule has 0 aliphatic heterocycles. The molecule has 0 heterocycles. The normalized spacial score (nSPS) is 10.2. The standard InChI is InChI=1S/C15H26N4O5/c1-9(2)11(20)5-16-12(21)6-17-13(22)7-18-14(23)8-19-15(24)10(3)4/h9-10H,5-8H2,1-4H3,(H,16,21)(H,17,22)(H,18,23)(H,19,24). The maximum atomic E-state index is 11.5. The predicted octanol–water partition coefficient (Wildman–Crippen LogP) is -1.67. The van der Waals surface area contributed by atoms with Gasteiger partial charge in [-0.15, -0.1) is 0 Å². The first kappa shape index (κ1) is 21.6. The van der Waals surface area contributed by atoms with E-state index in [-0.39, 0.29) is 49.7 Å². The van der Waals surface area contributed by atoms with Gasteiger partial charge in [0.2, 0.25) is 23.6 Å². The minimum absolute atomic E-state index is 0.0847. The summed E-state index contributed by atoms with van der Waals surface area (Å²) in [5.74, 6) is -2.33. The third kappa shape index (κ3) is 10.3. The number of carbonyl (C=O) groups is 5. The molecule has 0 saturated heterocycles. The zero-order valence-corrected chi connectivity index (χ0v) is 14.5. The van der Waals surface area contributed by atoms with Crippen LogP contribution in [0, 0.1) is 11.8 Å². The lowest BCUT2D eigenvalue weighted by atomic mass is 10.1. The summed E-state index contributed by atoms with van der Waals surface area (Å²) in [6, 6.07) is 0. The number of Topliss-reactive ketones (excluding diaryl/α,β-unsaturated/α-hetero) is 1. The summed E-state index contributed by atoms with van der Waals surface area (Å²) in [4.78, 5) is 57.0. The summed E-state index contributed by atoms with van der Waals surface area (Å²) in [5, 5.41) is 9.43. The van der Waals surface area contributed by atoms with E-state index < -0.39 is 17.7 Å². The maximum absolute atomic E-state index is 11.5. The van der Waals surface area contributed by atoms with Crippen LogP contribution in [0.2, 0.25) is 0 Å². The Balaban J connectivity index is 3.86. The molecule has 9 heteroatoms. The molecule has 0 aromatic heterocycles. The van der Waals surface area contributed by atoms with E-state index in [1.54, 1.807) is 27.7 Å². The molecule has 4 N–H and O–H groups in total. The van der Waals surface area contributed by atoms with Crippen LogP contribution in [0.4, 0.5) is 0 Å². The predicted molar refractivity (Wildman–Crippen MR) is 86.7 cm³/mol. The molecule has 0 saturated carbocycles. The lowest BCUT2D eigenvalue weighted by Gasteiger charge is -2.09. The molecule has 0 bridgehead atoms. The Bertz CT molecular complexity index is 446. The van der Waals surface area contributed by atoms with Crippen LogP contribution in [0.5, 0.6) is 0 Å². The molecule has 136 valence electrons. The molecule has 4 amide bonds. The van der Waals surface area contributed by atoms with E-state index in [1.807, 2.05) is 0 Å². The van der Waals surface area contributed by atoms with E-state index in [9.17, 15) is 24.0 Å². The topological polar surface area (TPSA) is 133 Å². The van der Waals surface area contributed by atoms with Gasteiger partial charge >= 0.3 is 0 Å². The number of amides is 4. The molecule has 0 atom stereocenters. The van der Waals surface area contributed by atoms with Gasteiger partial charge in [-0.25, -0.2) is 0 Å². The number of hydrogen-bond donors (Lipinski definition) is 4. The van der Waals surface area contributed by atoms with Crippen LogP contribution in [-0.2, 0) is 24.0 Å². The van der Waals surface area contributed by atoms with Gasteiger partial charge in [0, 0.05) is 11.8 Å². The van der Waals surface area contributed by atoms with Gasteiger partial charge in [-0.1, -0.05) is 27.7 Å². The van der Waals surface area contributed by atoms with E-state index in [4.69, 9.17) is 0 Å². The summed E-state index contributed by atoms with van der Waals surface area (Å²) in [6.07, 6.45) is 0. The van der Waals surface area contributed by atoms with Crippen molar-refractivity contribution < 1.29 is 24.0 Å². The fourth-order valence-corrected chi connectivity index (χ4v) is 1.31. The van der Waals surface area contributed by atoms with Crippen molar-refractivity contribution in [2.75, 3.05) is 26.2 Å². The van der Waals surface area contributed by atoms with Gasteiger partial charge in [0.15, 0.2) is 5.78 Å². The second-order valence-corrected chi connectivity index (χ2v) is 5.82. The second kappa shape index (κ2) is 11.1. The van der Waals surface area contributed by atoms with Crippen molar-refractivity contribution in [1.82, 2.24) is 21.3 Å². The molecule has 0 aliphatic rings. The molecule has 0 spiro atoms. The van der Waals surface area contributed by atoms with Gasteiger partial charge in [-0.05, 0) is 0 Å². The zero-order chi connectivity index (χ0) is 18.7. The van der Waals surface area contributed by atoms with Crippen LogP contribution in [0.3, 0.4) is 0 Å². The molecular formula is C15H26N4O5. The fraction of sp³-hybridized carbons (Fsp3) is 0.667. The van der Waals surface area contributed by atoms with Crippen molar-refractivity contribution in [1.29, 1.82) is 0 Å².